The molecule has 82 valence electrons. The minimum Gasteiger partial charge on any atom is -0.437 e. The van der Waals surface area contributed by atoms with Crippen molar-refractivity contribution < 1.29 is 4.74 Å². The van der Waals surface area contributed by atoms with Crippen molar-refractivity contribution in [2.24, 2.45) is 5.73 Å². The van der Waals surface area contributed by atoms with Crippen molar-refractivity contribution in [2.75, 3.05) is 0 Å². The summed E-state index contributed by atoms with van der Waals surface area (Å²) in [6, 6.07) is 7.76. The van der Waals surface area contributed by atoms with Crippen LogP contribution >= 0.6 is 0 Å². The SMILES string of the molecule is Cc1ccccc1Oc1cncc(CN)n1. The molecular weight excluding hydrogens is 202 g/mol. The maximum absolute atomic E-state index is 5.62. The van der Waals surface area contributed by atoms with Gasteiger partial charge in [-0.3, -0.25) is 4.98 Å². The number of para-hydroxylation sites is 1. The predicted octanol–water partition coefficient (Wildman–Crippen LogP) is 2.04. The Labute approximate surface area is 94.1 Å². The van der Waals surface area contributed by atoms with E-state index in [1.54, 1.807) is 12.4 Å². The highest BCUT2D eigenvalue weighted by Crippen LogP contribution is 2.22. The second kappa shape index (κ2) is 4.72. The Morgan fingerprint density at radius 2 is 2.06 bits per heavy atom. The molecule has 0 aliphatic carbocycles. The lowest BCUT2D eigenvalue weighted by Gasteiger charge is -2.07. The highest BCUT2D eigenvalue weighted by Gasteiger charge is 2.02. The van der Waals surface area contributed by atoms with E-state index in [0.717, 1.165) is 11.3 Å². The summed E-state index contributed by atoms with van der Waals surface area (Å²) in [5.41, 5.74) is 7.26. The number of nitrogens with two attached hydrogens (primary N) is 1. The first-order valence-corrected chi connectivity index (χ1v) is 5.04. The second-order valence-corrected chi connectivity index (χ2v) is 3.42. The lowest BCUT2D eigenvalue weighted by molar-refractivity contribution is 0.454. The van der Waals surface area contributed by atoms with Gasteiger partial charge < -0.3 is 10.5 Å². The van der Waals surface area contributed by atoms with Crippen molar-refractivity contribution in [1.82, 2.24) is 9.97 Å². The van der Waals surface area contributed by atoms with E-state index < -0.39 is 0 Å². The molecule has 0 atom stereocenters. The molecule has 0 radical (unpaired) electrons. The fourth-order valence-corrected chi connectivity index (χ4v) is 1.32. The molecule has 0 bridgehead atoms. The van der Waals surface area contributed by atoms with E-state index in [4.69, 9.17) is 10.5 Å². The molecule has 1 aromatic heterocycles. The maximum Gasteiger partial charge on any atom is 0.238 e. The van der Waals surface area contributed by atoms with Crippen LogP contribution in [0.1, 0.15) is 11.3 Å². The molecular formula is C12H13N3O. The molecule has 16 heavy (non-hydrogen) atoms. The van der Waals surface area contributed by atoms with Crippen LogP contribution in [0.4, 0.5) is 0 Å². The Hall–Kier alpha value is -1.94. The van der Waals surface area contributed by atoms with Gasteiger partial charge in [0.2, 0.25) is 5.88 Å². The lowest BCUT2D eigenvalue weighted by Crippen LogP contribution is -2.01. The van der Waals surface area contributed by atoms with Gasteiger partial charge in [0.1, 0.15) is 5.75 Å². The van der Waals surface area contributed by atoms with Crippen LogP contribution in [0.25, 0.3) is 0 Å². The van der Waals surface area contributed by atoms with E-state index in [0.29, 0.717) is 18.1 Å². The summed E-state index contributed by atoms with van der Waals surface area (Å²) in [6.45, 7) is 2.34. The third-order valence-electron chi connectivity index (χ3n) is 2.18. The zero-order valence-corrected chi connectivity index (χ0v) is 9.05. The fourth-order valence-electron chi connectivity index (χ4n) is 1.32. The molecule has 4 nitrogen and oxygen atoms in total. The number of ether oxygens (including phenoxy) is 1. The lowest BCUT2D eigenvalue weighted by atomic mass is 10.2. The van der Waals surface area contributed by atoms with Gasteiger partial charge in [0.05, 0.1) is 11.9 Å². The minimum atomic E-state index is 0.359. The van der Waals surface area contributed by atoms with Crippen LogP contribution in [0, 0.1) is 6.92 Å². The third kappa shape index (κ3) is 2.35. The van der Waals surface area contributed by atoms with Gasteiger partial charge in [0.25, 0.3) is 0 Å². The van der Waals surface area contributed by atoms with Crippen LogP contribution in [0.3, 0.4) is 0 Å². The fraction of sp³-hybridized carbons (Fsp3) is 0.167. The molecule has 1 heterocycles. The molecule has 0 amide bonds. The Morgan fingerprint density at radius 3 is 2.81 bits per heavy atom. The number of rotatable bonds is 3. The van der Waals surface area contributed by atoms with Crippen LogP contribution in [0.15, 0.2) is 36.7 Å². The molecule has 2 N–H and O–H groups in total. The molecule has 0 aliphatic rings. The molecule has 2 rings (SSSR count). The first kappa shape index (κ1) is 10.6. The predicted molar refractivity (Wildman–Crippen MR) is 61.2 cm³/mol. The Balaban J connectivity index is 2.24. The van der Waals surface area contributed by atoms with Crippen molar-refractivity contribution in [3.05, 3.63) is 47.9 Å². The summed E-state index contributed by atoms with van der Waals surface area (Å²) >= 11 is 0. The zero-order valence-electron chi connectivity index (χ0n) is 9.05. The summed E-state index contributed by atoms with van der Waals surface area (Å²) in [4.78, 5) is 8.23. The summed E-state index contributed by atoms with van der Waals surface area (Å²) in [5.74, 6) is 1.25. The molecule has 2 aromatic rings. The van der Waals surface area contributed by atoms with E-state index in [2.05, 4.69) is 9.97 Å². The minimum absolute atomic E-state index is 0.359. The third-order valence-corrected chi connectivity index (χ3v) is 2.18. The average molecular weight is 215 g/mol. The number of benzene rings is 1. The second-order valence-electron chi connectivity index (χ2n) is 3.42. The molecule has 4 heteroatoms. The summed E-state index contributed by atoms with van der Waals surface area (Å²) in [5, 5.41) is 0. The van der Waals surface area contributed by atoms with Crippen molar-refractivity contribution in [3.63, 3.8) is 0 Å². The standard InChI is InChI=1S/C12H13N3O/c1-9-4-2-3-5-11(9)16-12-8-14-7-10(6-13)15-12/h2-5,7-8H,6,13H2,1H3. The van der Waals surface area contributed by atoms with Crippen molar-refractivity contribution in [3.8, 4) is 11.6 Å². The Bertz CT molecular complexity index is 485. The highest BCUT2D eigenvalue weighted by molar-refractivity contribution is 5.34. The van der Waals surface area contributed by atoms with Gasteiger partial charge in [-0.05, 0) is 18.6 Å². The van der Waals surface area contributed by atoms with E-state index in [1.807, 2.05) is 31.2 Å². The van der Waals surface area contributed by atoms with Crippen LogP contribution in [0.2, 0.25) is 0 Å². The van der Waals surface area contributed by atoms with Crippen LogP contribution in [-0.2, 0) is 6.54 Å². The molecule has 1 aromatic carbocycles. The number of aromatic nitrogens is 2. The molecule has 0 saturated heterocycles. The first-order chi connectivity index (χ1) is 7.79. The Kier molecular flexibility index (Phi) is 3.12. The normalized spacial score (nSPS) is 10.1. The number of aryl methyl sites for hydroxylation is 1. The largest absolute Gasteiger partial charge is 0.437 e. The summed E-state index contributed by atoms with van der Waals surface area (Å²) in [6.07, 6.45) is 3.20. The van der Waals surface area contributed by atoms with E-state index >= 15 is 0 Å². The van der Waals surface area contributed by atoms with Crippen LogP contribution in [0.5, 0.6) is 11.6 Å². The molecule has 0 fully saturated rings. The zero-order chi connectivity index (χ0) is 11.4. The van der Waals surface area contributed by atoms with Crippen molar-refractivity contribution in [2.45, 2.75) is 13.5 Å². The number of hydrogen-bond acceptors (Lipinski definition) is 4. The quantitative estimate of drug-likeness (QED) is 0.851. The average Bonchev–Trinajstić information content (AvgIpc) is 2.32. The molecule has 0 unspecified atom stereocenters. The van der Waals surface area contributed by atoms with Gasteiger partial charge in [0.15, 0.2) is 0 Å². The smallest absolute Gasteiger partial charge is 0.238 e. The molecule has 0 saturated carbocycles. The van der Waals surface area contributed by atoms with Crippen LogP contribution in [-0.4, -0.2) is 9.97 Å². The van der Waals surface area contributed by atoms with Crippen LogP contribution < -0.4 is 10.5 Å². The van der Waals surface area contributed by atoms with Crippen molar-refractivity contribution in [1.29, 1.82) is 0 Å². The van der Waals surface area contributed by atoms with Gasteiger partial charge in [-0.1, -0.05) is 18.2 Å². The maximum atomic E-state index is 5.62. The van der Waals surface area contributed by atoms with Gasteiger partial charge in [-0.25, -0.2) is 4.98 Å². The monoisotopic (exact) mass is 215 g/mol. The Morgan fingerprint density at radius 1 is 1.25 bits per heavy atom. The van der Waals surface area contributed by atoms with Gasteiger partial charge >= 0.3 is 0 Å². The summed E-state index contributed by atoms with van der Waals surface area (Å²) < 4.78 is 5.62. The van der Waals surface area contributed by atoms with Gasteiger partial charge in [-0.2, -0.15) is 0 Å². The van der Waals surface area contributed by atoms with E-state index in [1.165, 1.54) is 0 Å². The van der Waals surface area contributed by atoms with Crippen molar-refractivity contribution >= 4 is 0 Å². The van der Waals surface area contributed by atoms with E-state index in [-0.39, 0.29) is 0 Å². The van der Waals surface area contributed by atoms with Gasteiger partial charge in [-0.15, -0.1) is 0 Å². The highest BCUT2D eigenvalue weighted by atomic mass is 16.5. The topological polar surface area (TPSA) is 61.0 Å². The molecule has 0 spiro atoms. The van der Waals surface area contributed by atoms with Gasteiger partial charge in [0, 0.05) is 12.7 Å². The first-order valence-electron chi connectivity index (χ1n) is 5.04. The number of nitrogens with zero attached hydrogens (tertiary/aromatic N) is 2. The number of hydrogen-bond donors (Lipinski definition) is 1. The summed E-state index contributed by atoms with van der Waals surface area (Å²) in [7, 11) is 0. The van der Waals surface area contributed by atoms with E-state index in [9.17, 15) is 0 Å². The molecule has 0 aliphatic heterocycles.